The molecule has 1 nitrogen and oxygen atoms in total. The van der Waals surface area contributed by atoms with E-state index in [4.69, 9.17) is 0 Å². The molecule has 0 saturated carbocycles. The van der Waals surface area contributed by atoms with Crippen LogP contribution in [0, 0.1) is 44.7 Å². The van der Waals surface area contributed by atoms with Crippen molar-refractivity contribution in [2.75, 3.05) is 0 Å². The molecule has 0 aliphatic heterocycles. The Hall–Kier alpha value is 0.410. The van der Waals surface area contributed by atoms with Crippen LogP contribution in [0.15, 0.2) is 24.4 Å². The Morgan fingerprint density at radius 3 is 2.38 bits per heavy atom. The molecule has 1 heterocycles. The third-order valence-electron chi connectivity index (χ3n) is 0.813. The van der Waals surface area contributed by atoms with Crippen LogP contribution in [0.4, 0.5) is 0 Å². The molecule has 1 aromatic heterocycles. The first-order chi connectivity index (χ1) is 3.39. The molecule has 0 unspecified atom stereocenters. The Morgan fingerprint density at radius 2 is 2.12 bits per heavy atom. The third kappa shape index (κ3) is 2.65. The fourth-order valence-electron chi connectivity index (χ4n) is 0.448. The van der Waals surface area contributed by atoms with Crippen molar-refractivity contribution in [1.29, 1.82) is 0 Å². The molecule has 0 N–H and O–H groups in total. The Balaban J connectivity index is 0.000000490. The van der Waals surface area contributed by atoms with Gasteiger partial charge in [-0.2, -0.15) is 0 Å². The maximum absolute atomic E-state index is 3.98. The van der Waals surface area contributed by atoms with Gasteiger partial charge in [-0.05, 0) is 19.1 Å². The monoisotopic (exact) mass is 133 g/mol. The molecule has 0 atom stereocenters. The predicted octanol–water partition coefficient (Wildman–Crippen LogP) is 1.39. The Morgan fingerprint density at radius 1 is 1.38 bits per heavy atom. The molecule has 8 heavy (non-hydrogen) atoms. The van der Waals surface area contributed by atoms with E-state index in [0.717, 1.165) is 5.69 Å². The van der Waals surface area contributed by atoms with Crippen molar-refractivity contribution in [3.05, 3.63) is 30.1 Å². The maximum atomic E-state index is 3.98. The molecule has 0 aliphatic rings. The molecular weight excluding hydrogens is 126 g/mol. The second-order valence-corrected chi connectivity index (χ2v) is 1.47. The summed E-state index contributed by atoms with van der Waals surface area (Å²) in [6.45, 7) is 1.97. The Kier molecular flexibility index (Phi) is 4.52. The molecule has 1 aromatic rings. The fourth-order valence-corrected chi connectivity index (χ4v) is 0.448. The average Bonchev–Trinajstić information content (AvgIpc) is 1.69. The molecule has 0 aromatic carbocycles. The standard InChI is InChI=1S/C6H7N.Ar/c1-6-4-2-3-5-7-6;/h2-5H,1H3;. The van der Waals surface area contributed by atoms with Crippen LogP contribution in [0.2, 0.25) is 0 Å². The van der Waals surface area contributed by atoms with Gasteiger partial charge in [-0.3, -0.25) is 4.98 Å². The summed E-state index contributed by atoms with van der Waals surface area (Å²) in [4.78, 5) is 3.98. The van der Waals surface area contributed by atoms with Crippen molar-refractivity contribution in [3.63, 3.8) is 0 Å². The largest absolute Gasteiger partial charge is 0.262 e. The normalized spacial score (nSPS) is 7.62. The summed E-state index contributed by atoms with van der Waals surface area (Å²) in [7, 11) is 0. The van der Waals surface area contributed by atoms with Gasteiger partial charge in [0.2, 0.25) is 0 Å². The van der Waals surface area contributed by atoms with Crippen LogP contribution >= 0.6 is 0 Å². The molecule has 0 bridgehead atoms. The zero-order chi connectivity index (χ0) is 5.11. The van der Waals surface area contributed by atoms with Gasteiger partial charge in [0, 0.05) is 49.6 Å². The van der Waals surface area contributed by atoms with Gasteiger partial charge in [-0.15, -0.1) is 0 Å². The second-order valence-electron chi connectivity index (χ2n) is 1.47. The van der Waals surface area contributed by atoms with E-state index in [2.05, 4.69) is 4.98 Å². The second kappa shape index (κ2) is 4.30. The summed E-state index contributed by atoms with van der Waals surface area (Å²) in [5, 5.41) is 0. The van der Waals surface area contributed by atoms with Gasteiger partial charge in [-0.1, -0.05) is 6.07 Å². The fraction of sp³-hybridized carbons (Fsp3) is 0.167. The van der Waals surface area contributed by atoms with Crippen molar-refractivity contribution in [2.45, 2.75) is 6.92 Å². The third-order valence-corrected chi connectivity index (χ3v) is 0.813. The van der Waals surface area contributed by atoms with Gasteiger partial charge >= 0.3 is 0 Å². The minimum Gasteiger partial charge on any atom is -0.262 e. The van der Waals surface area contributed by atoms with E-state index in [1.807, 2.05) is 25.1 Å². The molecule has 1 rings (SSSR count). The van der Waals surface area contributed by atoms with Crippen molar-refractivity contribution in [2.24, 2.45) is 0 Å². The van der Waals surface area contributed by atoms with Crippen molar-refractivity contribution in [3.8, 4) is 0 Å². The molecule has 0 radical (unpaired) electrons. The number of pyridine rings is 1. The zero-order valence-electron chi connectivity index (χ0n) is 4.61. The summed E-state index contributed by atoms with van der Waals surface area (Å²) in [5.41, 5.74) is 1.07. The summed E-state index contributed by atoms with van der Waals surface area (Å²) >= 11 is 0. The zero-order valence-corrected chi connectivity index (χ0v) is 5.32. The van der Waals surface area contributed by atoms with E-state index < -0.39 is 0 Å². The van der Waals surface area contributed by atoms with Gasteiger partial charge in [-0.25, -0.2) is 0 Å². The molecular formula is C6H7ArN. The van der Waals surface area contributed by atoms with E-state index in [1.165, 1.54) is 0 Å². The predicted molar refractivity (Wildman–Crippen MR) is 29.0 cm³/mol. The summed E-state index contributed by atoms with van der Waals surface area (Å²) in [6.07, 6.45) is 1.79. The molecule has 0 fully saturated rings. The van der Waals surface area contributed by atoms with Crippen LogP contribution in [0.3, 0.4) is 0 Å². The van der Waals surface area contributed by atoms with Crippen LogP contribution < -0.4 is 0 Å². The number of rotatable bonds is 0. The first kappa shape index (κ1) is 8.41. The maximum Gasteiger partial charge on any atom is 0.0372 e. The SMILES string of the molecule is Cc1ccccn1.[Ar]. The first-order valence-corrected chi connectivity index (χ1v) is 2.27. The van der Waals surface area contributed by atoms with Gasteiger partial charge < -0.3 is 0 Å². The van der Waals surface area contributed by atoms with Crippen LogP contribution in [-0.4, -0.2) is 4.98 Å². The van der Waals surface area contributed by atoms with E-state index in [0.29, 0.717) is 0 Å². The van der Waals surface area contributed by atoms with Crippen LogP contribution in [-0.2, 0) is 0 Å². The molecule has 0 aliphatic carbocycles. The van der Waals surface area contributed by atoms with Crippen molar-refractivity contribution >= 4 is 0 Å². The molecule has 0 spiro atoms. The number of aryl methyl sites for hydroxylation is 1. The molecule has 0 amide bonds. The van der Waals surface area contributed by atoms with E-state index in [9.17, 15) is 0 Å². The average molecular weight is 133 g/mol. The van der Waals surface area contributed by atoms with Crippen LogP contribution in [0.1, 0.15) is 5.69 Å². The summed E-state index contributed by atoms with van der Waals surface area (Å²) in [6, 6.07) is 5.86. The van der Waals surface area contributed by atoms with Crippen LogP contribution in [0.25, 0.3) is 0 Å². The molecule has 2 heteroatoms. The smallest absolute Gasteiger partial charge is 0.0372 e. The van der Waals surface area contributed by atoms with E-state index in [-0.39, 0.29) is 37.7 Å². The summed E-state index contributed by atoms with van der Waals surface area (Å²) in [5.74, 6) is 0. The number of nitrogens with zero attached hydrogens (tertiary/aromatic N) is 1. The van der Waals surface area contributed by atoms with Crippen molar-refractivity contribution < 1.29 is 37.7 Å². The van der Waals surface area contributed by atoms with Gasteiger partial charge in [0.05, 0.1) is 0 Å². The van der Waals surface area contributed by atoms with Crippen molar-refractivity contribution in [1.82, 2.24) is 4.98 Å². The van der Waals surface area contributed by atoms with E-state index in [1.54, 1.807) is 6.20 Å². The number of aromatic nitrogens is 1. The molecule has 44 valence electrons. The van der Waals surface area contributed by atoms with Gasteiger partial charge in [0.1, 0.15) is 0 Å². The minimum absolute atomic E-state index is 0. The summed E-state index contributed by atoms with van der Waals surface area (Å²) < 4.78 is 0. The Labute approximate surface area is 79.1 Å². The van der Waals surface area contributed by atoms with Gasteiger partial charge in [0.25, 0.3) is 0 Å². The van der Waals surface area contributed by atoms with E-state index >= 15 is 0 Å². The number of hydrogen-bond donors (Lipinski definition) is 0. The van der Waals surface area contributed by atoms with Crippen LogP contribution in [0.5, 0.6) is 0 Å². The minimum atomic E-state index is 0. The molecule has 0 saturated heterocycles. The first-order valence-electron chi connectivity index (χ1n) is 2.27. The Bertz CT molecular complexity index is 138. The topological polar surface area (TPSA) is 12.9 Å². The van der Waals surface area contributed by atoms with Gasteiger partial charge in [0.15, 0.2) is 0 Å². The quantitative estimate of drug-likeness (QED) is 0.521. The number of hydrogen-bond acceptors (Lipinski definition) is 1.